The van der Waals surface area contributed by atoms with E-state index in [0.717, 1.165) is 31.2 Å². The minimum absolute atomic E-state index is 0.148. The standard InChI is InChI=1S/C12H15FO/c1-9-2-3-10(8-11(9)13)4-5-12(14)6-7-12/h2-3,8,14H,4-7H2,1H3. The lowest BCUT2D eigenvalue weighted by Crippen LogP contribution is -2.07. The van der Waals surface area contributed by atoms with Gasteiger partial charge >= 0.3 is 0 Å². The minimum Gasteiger partial charge on any atom is -0.390 e. The van der Waals surface area contributed by atoms with Crippen LogP contribution >= 0.6 is 0 Å². The highest BCUT2D eigenvalue weighted by Crippen LogP contribution is 2.39. The van der Waals surface area contributed by atoms with Gasteiger partial charge in [0, 0.05) is 0 Å². The SMILES string of the molecule is Cc1ccc(CCC2(O)CC2)cc1F. The Hall–Kier alpha value is -0.890. The first-order valence-corrected chi connectivity index (χ1v) is 5.06. The normalized spacial score (nSPS) is 18.2. The Morgan fingerprint density at radius 3 is 2.71 bits per heavy atom. The lowest BCUT2D eigenvalue weighted by atomic mass is 10.0. The van der Waals surface area contributed by atoms with Gasteiger partial charge in [-0.25, -0.2) is 4.39 Å². The molecule has 2 heteroatoms. The van der Waals surface area contributed by atoms with E-state index in [1.54, 1.807) is 19.1 Å². The summed E-state index contributed by atoms with van der Waals surface area (Å²) in [5.41, 5.74) is 1.23. The zero-order valence-corrected chi connectivity index (χ0v) is 8.39. The first kappa shape index (κ1) is 9.66. The molecule has 1 saturated carbocycles. The molecule has 1 nitrogen and oxygen atoms in total. The van der Waals surface area contributed by atoms with Crippen LogP contribution in [0.3, 0.4) is 0 Å². The van der Waals surface area contributed by atoms with Gasteiger partial charge in [-0.15, -0.1) is 0 Å². The predicted molar refractivity (Wildman–Crippen MR) is 53.6 cm³/mol. The van der Waals surface area contributed by atoms with Crippen molar-refractivity contribution in [2.24, 2.45) is 0 Å². The molecule has 1 aliphatic carbocycles. The quantitative estimate of drug-likeness (QED) is 0.784. The maximum atomic E-state index is 13.2. The summed E-state index contributed by atoms with van der Waals surface area (Å²) in [5.74, 6) is -0.148. The molecule has 0 amide bonds. The number of aliphatic hydroxyl groups is 1. The Bertz CT molecular complexity index is 342. The molecule has 1 fully saturated rings. The van der Waals surface area contributed by atoms with Crippen molar-refractivity contribution in [3.05, 3.63) is 35.1 Å². The third-order valence-electron chi connectivity index (χ3n) is 2.94. The Balaban J connectivity index is 1.99. The van der Waals surface area contributed by atoms with Gasteiger partial charge in [-0.3, -0.25) is 0 Å². The smallest absolute Gasteiger partial charge is 0.126 e. The van der Waals surface area contributed by atoms with Gasteiger partial charge in [0.1, 0.15) is 5.82 Å². The van der Waals surface area contributed by atoms with Crippen molar-refractivity contribution in [1.82, 2.24) is 0 Å². The zero-order chi connectivity index (χ0) is 10.2. The van der Waals surface area contributed by atoms with Gasteiger partial charge in [0.05, 0.1) is 5.60 Å². The van der Waals surface area contributed by atoms with E-state index in [4.69, 9.17) is 0 Å². The fraction of sp³-hybridized carbons (Fsp3) is 0.500. The van der Waals surface area contributed by atoms with Crippen LogP contribution in [-0.2, 0) is 6.42 Å². The lowest BCUT2D eigenvalue weighted by molar-refractivity contribution is 0.140. The molecule has 14 heavy (non-hydrogen) atoms. The van der Waals surface area contributed by atoms with Gasteiger partial charge in [0.25, 0.3) is 0 Å². The number of benzene rings is 1. The second-order valence-electron chi connectivity index (χ2n) is 4.31. The Kier molecular flexibility index (Phi) is 2.31. The van der Waals surface area contributed by atoms with Crippen molar-refractivity contribution < 1.29 is 9.50 Å². The lowest BCUT2D eigenvalue weighted by Gasteiger charge is -2.07. The van der Waals surface area contributed by atoms with E-state index in [0.29, 0.717) is 5.56 Å². The molecule has 1 aliphatic rings. The highest BCUT2D eigenvalue weighted by Gasteiger charge is 2.39. The third-order valence-corrected chi connectivity index (χ3v) is 2.94. The summed E-state index contributed by atoms with van der Waals surface area (Å²) < 4.78 is 13.2. The van der Waals surface area contributed by atoms with Gasteiger partial charge in [-0.1, -0.05) is 12.1 Å². The third kappa shape index (κ3) is 2.13. The Labute approximate surface area is 83.6 Å². The van der Waals surface area contributed by atoms with Crippen LogP contribution in [0.2, 0.25) is 0 Å². The van der Waals surface area contributed by atoms with Gasteiger partial charge < -0.3 is 5.11 Å². The van der Waals surface area contributed by atoms with Crippen LogP contribution in [0.5, 0.6) is 0 Å². The van der Waals surface area contributed by atoms with Crippen molar-refractivity contribution in [1.29, 1.82) is 0 Å². The second kappa shape index (κ2) is 3.35. The first-order chi connectivity index (χ1) is 6.59. The van der Waals surface area contributed by atoms with Gasteiger partial charge in [-0.2, -0.15) is 0 Å². The molecule has 0 heterocycles. The number of halogens is 1. The molecule has 0 unspecified atom stereocenters. The van der Waals surface area contributed by atoms with E-state index in [-0.39, 0.29) is 5.82 Å². The maximum absolute atomic E-state index is 13.2. The fourth-order valence-electron chi connectivity index (χ4n) is 1.56. The van der Waals surface area contributed by atoms with Crippen molar-refractivity contribution in [3.8, 4) is 0 Å². The Morgan fingerprint density at radius 1 is 1.43 bits per heavy atom. The topological polar surface area (TPSA) is 20.2 Å². The summed E-state index contributed by atoms with van der Waals surface area (Å²) in [7, 11) is 0. The molecular formula is C12H15FO. The summed E-state index contributed by atoms with van der Waals surface area (Å²) >= 11 is 0. The monoisotopic (exact) mass is 194 g/mol. The van der Waals surface area contributed by atoms with Crippen LogP contribution < -0.4 is 0 Å². The molecule has 0 atom stereocenters. The highest BCUT2D eigenvalue weighted by atomic mass is 19.1. The molecule has 1 aromatic rings. The molecule has 0 bridgehead atoms. The summed E-state index contributed by atoms with van der Waals surface area (Å²) in [6.45, 7) is 1.76. The van der Waals surface area contributed by atoms with Crippen LogP contribution in [0.1, 0.15) is 30.4 Å². The van der Waals surface area contributed by atoms with Crippen molar-refractivity contribution in [2.75, 3.05) is 0 Å². The van der Waals surface area contributed by atoms with E-state index in [9.17, 15) is 9.50 Å². The molecule has 2 rings (SSSR count). The van der Waals surface area contributed by atoms with Gasteiger partial charge in [-0.05, 0) is 49.8 Å². The average molecular weight is 194 g/mol. The summed E-state index contributed by atoms with van der Waals surface area (Å²) in [5, 5.41) is 9.62. The number of rotatable bonds is 3. The molecule has 0 saturated heterocycles. The van der Waals surface area contributed by atoms with Crippen LogP contribution in [0.15, 0.2) is 18.2 Å². The van der Waals surface area contributed by atoms with E-state index >= 15 is 0 Å². The average Bonchev–Trinajstić information content (AvgIpc) is 2.87. The molecule has 1 N–H and O–H groups in total. The van der Waals surface area contributed by atoms with Crippen molar-refractivity contribution >= 4 is 0 Å². The van der Waals surface area contributed by atoms with Crippen LogP contribution in [-0.4, -0.2) is 10.7 Å². The summed E-state index contributed by atoms with van der Waals surface area (Å²) in [4.78, 5) is 0. The second-order valence-corrected chi connectivity index (χ2v) is 4.31. The predicted octanol–water partition coefficient (Wildman–Crippen LogP) is 2.59. The van der Waals surface area contributed by atoms with Gasteiger partial charge in [0.2, 0.25) is 0 Å². The van der Waals surface area contributed by atoms with E-state index < -0.39 is 5.60 Å². The maximum Gasteiger partial charge on any atom is 0.126 e. The molecule has 0 spiro atoms. The van der Waals surface area contributed by atoms with Crippen molar-refractivity contribution in [2.45, 2.75) is 38.2 Å². The number of hydrogen-bond acceptors (Lipinski definition) is 1. The summed E-state index contributed by atoms with van der Waals surface area (Å²) in [6, 6.07) is 5.30. The van der Waals surface area contributed by atoms with Crippen LogP contribution in [0.25, 0.3) is 0 Å². The molecule has 1 aromatic carbocycles. The van der Waals surface area contributed by atoms with Gasteiger partial charge in [0.15, 0.2) is 0 Å². The van der Waals surface area contributed by atoms with E-state index in [1.807, 2.05) is 6.07 Å². The number of hydrogen-bond donors (Lipinski definition) is 1. The molecule has 0 radical (unpaired) electrons. The van der Waals surface area contributed by atoms with E-state index in [2.05, 4.69) is 0 Å². The van der Waals surface area contributed by atoms with Crippen LogP contribution in [0, 0.1) is 12.7 Å². The minimum atomic E-state index is -0.429. The zero-order valence-electron chi connectivity index (χ0n) is 8.39. The van der Waals surface area contributed by atoms with E-state index in [1.165, 1.54) is 0 Å². The largest absolute Gasteiger partial charge is 0.390 e. The van der Waals surface area contributed by atoms with Crippen molar-refractivity contribution in [3.63, 3.8) is 0 Å². The molecule has 76 valence electrons. The first-order valence-electron chi connectivity index (χ1n) is 5.06. The molecule has 0 aliphatic heterocycles. The van der Waals surface area contributed by atoms with Crippen LogP contribution in [0.4, 0.5) is 4.39 Å². The Morgan fingerprint density at radius 2 is 2.14 bits per heavy atom. The highest BCUT2D eigenvalue weighted by molar-refractivity contribution is 5.23. The fourth-order valence-corrected chi connectivity index (χ4v) is 1.56. The molecular weight excluding hydrogens is 179 g/mol. The molecule has 0 aromatic heterocycles. The summed E-state index contributed by atoms with van der Waals surface area (Å²) in [6.07, 6.45) is 3.34. The number of aryl methyl sites for hydroxylation is 2.